The van der Waals surface area contributed by atoms with E-state index in [0.717, 1.165) is 6.54 Å². The summed E-state index contributed by atoms with van der Waals surface area (Å²) >= 11 is 0. The number of nitrogens with zero attached hydrogens (tertiary/aromatic N) is 3. The van der Waals surface area contributed by atoms with Gasteiger partial charge in [0.2, 0.25) is 0 Å². The van der Waals surface area contributed by atoms with Crippen LogP contribution in [0.4, 0.5) is 5.82 Å². The maximum absolute atomic E-state index is 10.8. The number of carboxylic acid groups (broad SMARTS) is 1. The van der Waals surface area contributed by atoms with Crippen molar-refractivity contribution in [2.24, 2.45) is 0 Å². The topological polar surface area (TPSA) is 77.2 Å². The predicted octanol–water partition coefficient (Wildman–Crippen LogP) is 1.83. The van der Waals surface area contributed by atoms with Crippen LogP contribution in [0, 0.1) is 18.3 Å². The molecule has 0 radical (unpaired) electrons. The average Bonchev–Trinajstić information content (AvgIpc) is 2.29. The van der Waals surface area contributed by atoms with Crippen molar-refractivity contribution >= 4 is 11.8 Å². The zero-order valence-electron chi connectivity index (χ0n) is 9.97. The van der Waals surface area contributed by atoms with Crippen LogP contribution in [0.1, 0.15) is 29.4 Å². The van der Waals surface area contributed by atoms with Crippen molar-refractivity contribution in [3.63, 3.8) is 0 Å². The first-order valence-electron chi connectivity index (χ1n) is 5.43. The third-order valence-electron chi connectivity index (χ3n) is 2.50. The highest BCUT2D eigenvalue weighted by Gasteiger charge is 2.11. The number of aryl methyl sites for hydroxylation is 1. The molecule has 0 atom stereocenters. The van der Waals surface area contributed by atoms with Crippen LogP contribution in [0.25, 0.3) is 0 Å². The Morgan fingerprint density at radius 2 is 2.29 bits per heavy atom. The van der Waals surface area contributed by atoms with Crippen LogP contribution in [0.15, 0.2) is 12.1 Å². The third kappa shape index (κ3) is 3.18. The average molecular weight is 233 g/mol. The van der Waals surface area contributed by atoms with Crippen molar-refractivity contribution in [3.05, 3.63) is 23.4 Å². The summed E-state index contributed by atoms with van der Waals surface area (Å²) < 4.78 is 0. The lowest BCUT2D eigenvalue weighted by Gasteiger charge is -2.21. The summed E-state index contributed by atoms with van der Waals surface area (Å²) in [4.78, 5) is 17.0. The second-order valence-electron chi connectivity index (χ2n) is 3.60. The third-order valence-corrected chi connectivity index (χ3v) is 2.50. The Morgan fingerprint density at radius 3 is 2.76 bits per heavy atom. The summed E-state index contributed by atoms with van der Waals surface area (Å²) in [6, 6.07) is 5.31. The Hall–Kier alpha value is -2.09. The maximum atomic E-state index is 10.8. The molecule has 0 amide bonds. The first-order chi connectivity index (χ1) is 8.10. The molecule has 0 aliphatic heterocycles. The number of pyridine rings is 1. The molecule has 1 rings (SSSR count). The first kappa shape index (κ1) is 13.0. The summed E-state index contributed by atoms with van der Waals surface area (Å²) in [5.41, 5.74) is 0.704. The van der Waals surface area contributed by atoms with Crippen molar-refractivity contribution in [2.75, 3.05) is 18.0 Å². The van der Waals surface area contributed by atoms with Crippen molar-refractivity contribution in [3.8, 4) is 6.07 Å². The molecule has 90 valence electrons. The first-order valence-corrected chi connectivity index (χ1v) is 5.43. The van der Waals surface area contributed by atoms with E-state index in [0.29, 0.717) is 24.5 Å². The summed E-state index contributed by atoms with van der Waals surface area (Å²) in [7, 11) is 0. The monoisotopic (exact) mass is 233 g/mol. The second-order valence-corrected chi connectivity index (χ2v) is 3.60. The van der Waals surface area contributed by atoms with Gasteiger partial charge >= 0.3 is 5.97 Å². The molecule has 0 aliphatic carbocycles. The van der Waals surface area contributed by atoms with E-state index in [1.165, 1.54) is 0 Å². The molecule has 0 bridgehead atoms. The van der Waals surface area contributed by atoms with Gasteiger partial charge in [0.05, 0.1) is 23.7 Å². The molecular formula is C12H15N3O2. The number of hydrogen-bond acceptors (Lipinski definition) is 4. The SMILES string of the molecule is CCN(CCC#N)c1ccc(C(=O)O)c(C)n1. The minimum absolute atomic E-state index is 0.213. The van der Waals surface area contributed by atoms with E-state index in [9.17, 15) is 4.79 Å². The molecule has 0 fully saturated rings. The molecule has 0 aromatic carbocycles. The standard InChI is InChI=1S/C12H15N3O2/c1-3-15(8-4-7-13)11-6-5-10(12(16)17)9(2)14-11/h5-6H,3-4,8H2,1-2H3,(H,16,17). The van der Waals surface area contributed by atoms with Gasteiger partial charge in [-0.15, -0.1) is 0 Å². The lowest BCUT2D eigenvalue weighted by Crippen LogP contribution is -2.25. The highest BCUT2D eigenvalue weighted by atomic mass is 16.4. The molecule has 0 aliphatic rings. The molecule has 1 aromatic rings. The van der Waals surface area contributed by atoms with Crippen LogP contribution in [-0.4, -0.2) is 29.1 Å². The quantitative estimate of drug-likeness (QED) is 0.839. The van der Waals surface area contributed by atoms with Crippen LogP contribution in [-0.2, 0) is 0 Å². The number of carboxylic acids is 1. The van der Waals surface area contributed by atoms with Gasteiger partial charge in [-0.1, -0.05) is 0 Å². The Balaban J connectivity index is 2.95. The molecule has 0 unspecified atom stereocenters. The number of anilines is 1. The number of hydrogen-bond donors (Lipinski definition) is 1. The zero-order chi connectivity index (χ0) is 12.8. The van der Waals surface area contributed by atoms with E-state index in [1.54, 1.807) is 19.1 Å². The fraction of sp³-hybridized carbons (Fsp3) is 0.417. The van der Waals surface area contributed by atoms with Crippen molar-refractivity contribution in [2.45, 2.75) is 20.3 Å². The number of rotatable bonds is 5. The molecule has 1 aromatic heterocycles. The summed E-state index contributed by atoms with van der Waals surface area (Å²) in [6.07, 6.45) is 0.426. The van der Waals surface area contributed by atoms with Crippen molar-refractivity contribution in [1.82, 2.24) is 4.98 Å². The van der Waals surface area contributed by atoms with Gasteiger partial charge < -0.3 is 10.0 Å². The Morgan fingerprint density at radius 1 is 1.59 bits per heavy atom. The van der Waals surface area contributed by atoms with E-state index >= 15 is 0 Å². The lowest BCUT2D eigenvalue weighted by molar-refractivity contribution is 0.0695. The summed E-state index contributed by atoms with van der Waals surface area (Å²) in [6.45, 7) is 4.98. The number of aromatic carboxylic acids is 1. The van der Waals surface area contributed by atoms with Gasteiger partial charge in [-0.25, -0.2) is 9.78 Å². The van der Waals surface area contributed by atoms with Gasteiger partial charge in [-0.2, -0.15) is 5.26 Å². The van der Waals surface area contributed by atoms with Crippen molar-refractivity contribution in [1.29, 1.82) is 5.26 Å². The summed E-state index contributed by atoms with van der Waals surface area (Å²) in [5.74, 6) is -0.258. The van der Waals surface area contributed by atoms with Gasteiger partial charge in [0, 0.05) is 13.1 Å². The Bertz CT molecular complexity index is 452. The smallest absolute Gasteiger partial charge is 0.337 e. The highest BCUT2D eigenvalue weighted by Crippen LogP contribution is 2.15. The van der Waals surface area contributed by atoms with Crippen LogP contribution in [0.2, 0.25) is 0 Å². The molecule has 0 saturated carbocycles. The minimum Gasteiger partial charge on any atom is -0.478 e. The van der Waals surface area contributed by atoms with Gasteiger partial charge in [-0.05, 0) is 26.0 Å². The van der Waals surface area contributed by atoms with Gasteiger partial charge in [-0.3, -0.25) is 0 Å². The second kappa shape index (κ2) is 5.85. The number of aromatic nitrogens is 1. The molecule has 0 saturated heterocycles. The van der Waals surface area contributed by atoms with Crippen molar-refractivity contribution < 1.29 is 9.90 Å². The molecular weight excluding hydrogens is 218 g/mol. The highest BCUT2D eigenvalue weighted by molar-refractivity contribution is 5.89. The van der Waals surface area contributed by atoms with E-state index in [1.807, 2.05) is 11.8 Å². The zero-order valence-corrected chi connectivity index (χ0v) is 9.97. The van der Waals surface area contributed by atoms with Crippen LogP contribution >= 0.6 is 0 Å². The van der Waals surface area contributed by atoms with Gasteiger partial charge in [0.25, 0.3) is 0 Å². The molecule has 1 heterocycles. The van der Waals surface area contributed by atoms with E-state index in [2.05, 4.69) is 11.1 Å². The molecule has 17 heavy (non-hydrogen) atoms. The lowest BCUT2D eigenvalue weighted by atomic mass is 10.2. The minimum atomic E-state index is -0.971. The Kier molecular flexibility index (Phi) is 4.46. The normalized spacial score (nSPS) is 9.71. The molecule has 5 heteroatoms. The number of nitriles is 1. The largest absolute Gasteiger partial charge is 0.478 e. The molecule has 1 N–H and O–H groups in total. The van der Waals surface area contributed by atoms with Crippen LogP contribution in [0.5, 0.6) is 0 Å². The van der Waals surface area contributed by atoms with Crippen LogP contribution in [0.3, 0.4) is 0 Å². The number of carbonyl (C=O) groups is 1. The molecule has 0 spiro atoms. The predicted molar refractivity (Wildman–Crippen MR) is 64.1 cm³/mol. The van der Waals surface area contributed by atoms with E-state index < -0.39 is 5.97 Å². The van der Waals surface area contributed by atoms with Crippen LogP contribution < -0.4 is 4.90 Å². The van der Waals surface area contributed by atoms with Gasteiger partial charge in [0.1, 0.15) is 5.82 Å². The van der Waals surface area contributed by atoms with Gasteiger partial charge in [0.15, 0.2) is 0 Å². The fourth-order valence-electron chi connectivity index (χ4n) is 1.57. The summed E-state index contributed by atoms with van der Waals surface area (Å²) in [5, 5.41) is 17.5. The molecule has 5 nitrogen and oxygen atoms in total. The Labute approximate surface area is 100 Å². The van der Waals surface area contributed by atoms with E-state index in [-0.39, 0.29) is 5.56 Å². The fourth-order valence-corrected chi connectivity index (χ4v) is 1.57. The maximum Gasteiger partial charge on any atom is 0.337 e. The van der Waals surface area contributed by atoms with E-state index in [4.69, 9.17) is 10.4 Å².